The smallest absolute Gasteiger partial charge is 0.127 e. The van der Waals surface area contributed by atoms with Crippen LogP contribution in [0.2, 0.25) is 0 Å². The Morgan fingerprint density at radius 1 is 1.00 bits per heavy atom. The third-order valence-corrected chi connectivity index (χ3v) is 2.68. The van der Waals surface area contributed by atoms with E-state index in [2.05, 4.69) is 23.9 Å². The molecule has 19 heavy (non-hydrogen) atoms. The number of rotatable bonds is 4. The number of hydrogen-bond acceptors (Lipinski definition) is 1. The lowest BCUT2D eigenvalue weighted by atomic mass is 10.1. The van der Waals surface area contributed by atoms with Gasteiger partial charge in [-0.1, -0.05) is 48.5 Å². The van der Waals surface area contributed by atoms with Gasteiger partial charge >= 0.3 is 0 Å². The maximum atomic E-state index is 5.81. The van der Waals surface area contributed by atoms with Crippen LogP contribution < -0.4 is 4.74 Å². The van der Waals surface area contributed by atoms with Crippen LogP contribution in [0.25, 0.3) is 11.1 Å². The highest BCUT2D eigenvalue weighted by atomic mass is 16.5. The van der Waals surface area contributed by atoms with E-state index in [0.717, 1.165) is 16.9 Å². The molecule has 1 nitrogen and oxygen atoms in total. The van der Waals surface area contributed by atoms with Gasteiger partial charge in [-0.2, -0.15) is 0 Å². The first-order valence-corrected chi connectivity index (χ1v) is 6.43. The topological polar surface area (TPSA) is 9.23 Å². The van der Waals surface area contributed by atoms with Crippen molar-refractivity contribution in [1.82, 2.24) is 0 Å². The van der Waals surface area contributed by atoms with Gasteiger partial charge in [-0.05, 0) is 37.1 Å². The van der Waals surface area contributed by atoms with Crippen LogP contribution in [-0.4, -0.2) is 6.61 Å². The Labute approximate surface area is 114 Å². The molecule has 0 saturated heterocycles. The van der Waals surface area contributed by atoms with E-state index in [1.807, 2.05) is 56.3 Å². The maximum absolute atomic E-state index is 5.81. The molecule has 0 unspecified atom stereocenters. The fraction of sp³-hybridized carbons (Fsp3) is 0.167. The lowest BCUT2D eigenvalue weighted by Crippen LogP contribution is -1.95. The summed E-state index contributed by atoms with van der Waals surface area (Å²) in [5.74, 6) is 0.903. The Morgan fingerprint density at radius 2 is 1.68 bits per heavy atom. The van der Waals surface area contributed by atoms with Crippen LogP contribution in [0, 0.1) is 0 Å². The second kappa shape index (κ2) is 6.63. The van der Waals surface area contributed by atoms with Gasteiger partial charge in [-0.15, -0.1) is 5.73 Å². The van der Waals surface area contributed by atoms with Crippen molar-refractivity contribution in [1.29, 1.82) is 0 Å². The second-order valence-electron chi connectivity index (χ2n) is 4.52. The van der Waals surface area contributed by atoms with Gasteiger partial charge in [0.15, 0.2) is 0 Å². The van der Waals surface area contributed by atoms with Gasteiger partial charge in [0.1, 0.15) is 12.4 Å². The molecule has 0 saturated carbocycles. The molecule has 1 heteroatoms. The largest absolute Gasteiger partial charge is 0.488 e. The van der Waals surface area contributed by atoms with E-state index in [4.69, 9.17) is 4.74 Å². The number of para-hydroxylation sites is 1. The molecule has 0 aliphatic rings. The molecule has 0 amide bonds. The zero-order valence-electron chi connectivity index (χ0n) is 11.4. The maximum Gasteiger partial charge on any atom is 0.127 e. The summed E-state index contributed by atoms with van der Waals surface area (Å²) in [6, 6.07) is 18.4. The van der Waals surface area contributed by atoms with E-state index in [9.17, 15) is 0 Å². The van der Waals surface area contributed by atoms with Crippen molar-refractivity contribution >= 4 is 0 Å². The van der Waals surface area contributed by atoms with E-state index in [-0.39, 0.29) is 0 Å². The molecule has 0 bridgehead atoms. The average molecular weight is 250 g/mol. The third-order valence-electron chi connectivity index (χ3n) is 2.68. The number of ether oxygens (including phenoxy) is 1. The average Bonchev–Trinajstić information content (AvgIpc) is 2.45. The van der Waals surface area contributed by atoms with Crippen LogP contribution in [0.1, 0.15) is 13.8 Å². The molecule has 0 heterocycles. The Kier molecular flexibility index (Phi) is 4.60. The van der Waals surface area contributed by atoms with E-state index >= 15 is 0 Å². The Hall–Kier alpha value is -2.24. The van der Waals surface area contributed by atoms with Gasteiger partial charge in [0, 0.05) is 5.56 Å². The fourth-order valence-electron chi connectivity index (χ4n) is 1.83. The van der Waals surface area contributed by atoms with E-state index < -0.39 is 0 Å². The summed E-state index contributed by atoms with van der Waals surface area (Å²) in [7, 11) is 0. The van der Waals surface area contributed by atoms with Crippen molar-refractivity contribution in [2.24, 2.45) is 0 Å². The van der Waals surface area contributed by atoms with Crippen LogP contribution in [0.5, 0.6) is 5.75 Å². The standard InChI is InChI=1S/C18H18O/c1-15(2)9-8-14-19-18-13-7-6-12-17(18)16-10-4-3-5-11-16/h3-8,10-13H,14H2,1-2H3. The van der Waals surface area contributed by atoms with E-state index in [1.54, 1.807) is 0 Å². The molecule has 0 aliphatic heterocycles. The van der Waals surface area contributed by atoms with Crippen molar-refractivity contribution in [3.8, 4) is 16.9 Å². The van der Waals surface area contributed by atoms with Crippen LogP contribution >= 0.6 is 0 Å². The van der Waals surface area contributed by atoms with Crippen LogP contribution in [0.15, 0.2) is 72.0 Å². The zero-order valence-corrected chi connectivity index (χ0v) is 11.4. The minimum Gasteiger partial charge on any atom is -0.488 e. The van der Waals surface area contributed by atoms with Gasteiger partial charge in [0.05, 0.1) is 0 Å². The predicted molar refractivity (Wildman–Crippen MR) is 80.3 cm³/mol. The first-order chi connectivity index (χ1) is 9.27. The SMILES string of the molecule is CC(C)=C=CCOc1ccccc1-c1ccccc1. The molecule has 0 atom stereocenters. The lowest BCUT2D eigenvalue weighted by Gasteiger charge is -2.09. The highest BCUT2D eigenvalue weighted by Crippen LogP contribution is 2.29. The summed E-state index contributed by atoms with van der Waals surface area (Å²) in [5, 5.41) is 0. The predicted octanol–water partition coefficient (Wildman–Crippen LogP) is 4.85. The minimum absolute atomic E-state index is 0.537. The summed E-state index contributed by atoms with van der Waals surface area (Å²) in [6.07, 6.45) is 1.91. The highest BCUT2D eigenvalue weighted by molar-refractivity contribution is 5.70. The summed E-state index contributed by atoms with van der Waals surface area (Å²) < 4.78 is 5.81. The van der Waals surface area contributed by atoms with Gasteiger partial charge < -0.3 is 4.74 Å². The third kappa shape index (κ3) is 3.87. The summed E-state index contributed by atoms with van der Waals surface area (Å²) in [4.78, 5) is 0. The van der Waals surface area contributed by atoms with E-state index in [1.165, 1.54) is 5.56 Å². The molecule has 2 rings (SSSR count). The summed E-state index contributed by atoms with van der Waals surface area (Å²) in [6.45, 7) is 4.58. The minimum atomic E-state index is 0.537. The normalized spacial score (nSPS) is 9.58. The molecule has 96 valence electrons. The van der Waals surface area contributed by atoms with Crippen molar-refractivity contribution < 1.29 is 4.74 Å². The highest BCUT2D eigenvalue weighted by Gasteiger charge is 2.03. The molecular formula is C18H18O. The molecular weight excluding hydrogens is 232 g/mol. The van der Waals surface area contributed by atoms with Gasteiger partial charge in [-0.3, -0.25) is 0 Å². The first kappa shape index (κ1) is 13.2. The van der Waals surface area contributed by atoms with Gasteiger partial charge in [-0.25, -0.2) is 0 Å². The van der Waals surface area contributed by atoms with Crippen molar-refractivity contribution in [2.75, 3.05) is 6.61 Å². The van der Waals surface area contributed by atoms with Crippen LogP contribution in [0.4, 0.5) is 0 Å². The molecule has 0 radical (unpaired) electrons. The zero-order chi connectivity index (χ0) is 13.5. The molecule has 0 aliphatic carbocycles. The Bertz CT molecular complexity index is 586. The van der Waals surface area contributed by atoms with Gasteiger partial charge in [0.25, 0.3) is 0 Å². The van der Waals surface area contributed by atoms with Crippen molar-refractivity contribution in [3.63, 3.8) is 0 Å². The van der Waals surface area contributed by atoms with Crippen molar-refractivity contribution in [3.05, 3.63) is 72.0 Å². The fourth-order valence-corrected chi connectivity index (χ4v) is 1.83. The Balaban J connectivity index is 2.20. The molecule has 2 aromatic rings. The van der Waals surface area contributed by atoms with E-state index in [0.29, 0.717) is 6.61 Å². The first-order valence-electron chi connectivity index (χ1n) is 6.43. The molecule has 0 spiro atoms. The molecule has 0 aromatic heterocycles. The lowest BCUT2D eigenvalue weighted by molar-refractivity contribution is 0.364. The molecule has 2 aromatic carbocycles. The van der Waals surface area contributed by atoms with Gasteiger partial charge in [0.2, 0.25) is 0 Å². The van der Waals surface area contributed by atoms with Crippen LogP contribution in [-0.2, 0) is 0 Å². The molecule has 0 N–H and O–H groups in total. The second-order valence-corrected chi connectivity index (χ2v) is 4.52. The summed E-state index contributed by atoms with van der Waals surface area (Å²) >= 11 is 0. The van der Waals surface area contributed by atoms with Crippen LogP contribution in [0.3, 0.4) is 0 Å². The van der Waals surface area contributed by atoms with Crippen molar-refractivity contribution in [2.45, 2.75) is 13.8 Å². The number of benzene rings is 2. The quantitative estimate of drug-likeness (QED) is 0.704. The monoisotopic (exact) mass is 250 g/mol. The number of hydrogen-bond donors (Lipinski definition) is 0. The Morgan fingerprint density at radius 3 is 2.42 bits per heavy atom. The summed E-state index contributed by atoms with van der Waals surface area (Å²) in [5.41, 5.74) is 6.58. The molecule has 0 fully saturated rings.